The molecule has 0 aliphatic carbocycles. The van der Waals surface area contributed by atoms with E-state index in [2.05, 4.69) is 33.0 Å². The maximum Gasteiger partial charge on any atom is 0.220 e. The third kappa shape index (κ3) is 4.75. The molecule has 3 rings (SSSR count). The van der Waals surface area contributed by atoms with Crippen molar-refractivity contribution in [2.24, 2.45) is 7.05 Å². The van der Waals surface area contributed by atoms with Gasteiger partial charge in [-0.3, -0.25) is 4.79 Å². The summed E-state index contributed by atoms with van der Waals surface area (Å²) in [6, 6.07) is 7.91. The van der Waals surface area contributed by atoms with E-state index in [4.69, 9.17) is 16.3 Å². The van der Waals surface area contributed by atoms with Gasteiger partial charge in [0.05, 0.1) is 0 Å². The minimum absolute atomic E-state index is 0.0347. The van der Waals surface area contributed by atoms with Gasteiger partial charge in [-0.2, -0.15) is 0 Å². The first-order chi connectivity index (χ1) is 12.6. The molecule has 140 valence electrons. The number of aryl methyl sites for hydroxylation is 1. The molecule has 1 aromatic carbocycles. The van der Waals surface area contributed by atoms with Gasteiger partial charge in [0.1, 0.15) is 0 Å². The van der Waals surface area contributed by atoms with E-state index in [1.54, 1.807) is 11.7 Å². The molecule has 0 saturated carbocycles. The summed E-state index contributed by atoms with van der Waals surface area (Å²) in [5.74, 6) is 0.671. The number of aromatic nitrogens is 4. The number of amides is 1. The first-order valence-corrected chi connectivity index (χ1v) is 9.91. The number of benzene rings is 1. The van der Waals surface area contributed by atoms with Gasteiger partial charge in [-0.05, 0) is 41.0 Å². The fourth-order valence-electron chi connectivity index (χ4n) is 3.07. The lowest BCUT2D eigenvalue weighted by Crippen LogP contribution is -2.44. The number of halogens is 1. The Kier molecular flexibility index (Phi) is 6.50. The molecule has 1 saturated heterocycles. The minimum atomic E-state index is -0.0981. The first-order valence-electron chi connectivity index (χ1n) is 8.55. The van der Waals surface area contributed by atoms with Crippen molar-refractivity contribution in [1.82, 2.24) is 25.5 Å². The minimum Gasteiger partial charge on any atom is -0.381 e. The van der Waals surface area contributed by atoms with Crippen molar-refractivity contribution in [1.29, 1.82) is 0 Å². The van der Waals surface area contributed by atoms with E-state index < -0.39 is 0 Å². The Morgan fingerprint density at radius 2 is 2.08 bits per heavy atom. The number of hydrogen-bond donors (Lipinski definition) is 1. The van der Waals surface area contributed by atoms with Crippen LogP contribution in [-0.2, 0) is 22.0 Å². The molecule has 2 heterocycles. The Bertz CT molecular complexity index is 731. The molecule has 1 aliphatic heterocycles. The molecule has 0 unspecified atom stereocenters. The number of ether oxygens (including phenoxy) is 1. The van der Waals surface area contributed by atoms with Crippen LogP contribution in [0.1, 0.15) is 24.8 Å². The predicted octanol–water partition coefficient (Wildman–Crippen LogP) is 2.21. The summed E-state index contributed by atoms with van der Waals surface area (Å²) < 4.78 is 7.13. The Labute approximate surface area is 161 Å². The summed E-state index contributed by atoms with van der Waals surface area (Å²) in [4.78, 5) is 12.3. The summed E-state index contributed by atoms with van der Waals surface area (Å²) in [7, 11) is 1.78. The zero-order chi connectivity index (χ0) is 18.4. The summed E-state index contributed by atoms with van der Waals surface area (Å²) >= 11 is 7.49. The maximum absolute atomic E-state index is 12.3. The van der Waals surface area contributed by atoms with E-state index in [0.717, 1.165) is 17.9 Å². The van der Waals surface area contributed by atoms with E-state index in [1.165, 1.54) is 17.3 Å². The van der Waals surface area contributed by atoms with Crippen molar-refractivity contribution in [2.45, 2.75) is 29.8 Å². The highest BCUT2D eigenvalue weighted by Crippen LogP contribution is 2.35. The molecule has 1 aliphatic rings. The molecule has 0 spiro atoms. The fraction of sp³-hybridized carbons (Fsp3) is 0.529. The molecular weight excluding hydrogens is 374 g/mol. The predicted molar refractivity (Wildman–Crippen MR) is 100 cm³/mol. The normalized spacial score (nSPS) is 16.4. The lowest BCUT2D eigenvalue weighted by Gasteiger charge is -2.38. The van der Waals surface area contributed by atoms with Gasteiger partial charge >= 0.3 is 0 Å². The third-order valence-corrected chi connectivity index (χ3v) is 5.94. The number of carbonyl (C=O) groups excluding carboxylic acids is 1. The quantitative estimate of drug-likeness (QED) is 0.724. The van der Waals surface area contributed by atoms with Crippen molar-refractivity contribution in [3.8, 4) is 0 Å². The number of nitrogens with zero attached hydrogens (tertiary/aromatic N) is 4. The first kappa shape index (κ1) is 19.1. The Balaban J connectivity index is 1.55. The van der Waals surface area contributed by atoms with Gasteiger partial charge < -0.3 is 10.1 Å². The fourth-order valence-corrected chi connectivity index (χ4v) is 3.98. The molecular formula is C17H22ClN5O2S. The summed E-state index contributed by atoms with van der Waals surface area (Å²) in [6.07, 6.45) is 2.19. The van der Waals surface area contributed by atoms with Gasteiger partial charge in [0.25, 0.3) is 0 Å². The highest BCUT2D eigenvalue weighted by atomic mass is 35.5. The average molecular weight is 396 g/mol. The van der Waals surface area contributed by atoms with E-state index in [1.807, 2.05) is 12.1 Å². The maximum atomic E-state index is 12.3. The largest absolute Gasteiger partial charge is 0.381 e. The second-order valence-electron chi connectivity index (χ2n) is 6.36. The van der Waals surface area contributed by atoms with Crippen LogP contribution in [0.4, 0.5) is 0 Å². The Morgan fingerprint density at radius 1 is 1.35 bits per heavy atom. The van der Waals surface area contributed by atoms with Crippen molar-refractivity contribution in [3.63, 3.8) is 0 Å². The van der Waals surface area contributed by atoms with Crippen molar-refractivity contribution >= 4 is 29.3 Å². The molecule has 0 atom stereocenters. The van der Waals surface area contributed by atoms with Crippen molar-refractivity contribution in [3.05, 3.63) is 34.9 Å². The molecule has 1 aromatic heterocycles. The smallest absolute Gasteiger partial charge is 0.220 e. The van der Waals surface area contributed by atoms with Crippen LogP contribution in [0.2, 0.25) is 5.02 Å². The second kappa shape index (κ2) is 8.83. The summed E-state index contributed by atoms with van der Waals surface area (Å²) in [5, 5.41) is 15.8. The zero-order valence-corrected chi connectivity index (χ0v) is 16.2. The van der Waals surface area contributed by atoms with Gasteiger partial charge in [-0.15, -0.1) is 5.10 Å². The molecule has 0 bridgehead atoms. The molecule has 1 amide bonds. The van der Waals surface area contributed by atoms with E-state index in [0.29, 0.717) is 37.1 Å². The number of tetrazole rings is 1. The monoisotopic (exact) mass is 395 g/mol. The second-order valence-corrected chi connectivity index (χ2v) is 7.86. The molecule has 26 heavy (non-hydrogen) atoms. The van der Waals surface area contributed by atoms with Crippen LogP contribution in [0.25, 0.3) is 0 Å². The summed E-state index contributed by atoms with van der Waals surface area (Å²) in [5.41, 5.74) is 1.10. The third-order valence-electron chi connectivity index (χ3n) is 4.67. The Hall–Kier alpha value is -1.64. The number of rotatable bonds is 7. The number of hydrogen-bond acceptors (Lipinski definition) is 6. The van der Waals surface area contributed by atoms with Gasteiger partial charge in [0.15, 0.2) is 0 Å². The highest BCUT2D eigenvalue weighted by molar-refractivity contribution is 7.99. The average Bonchev–Trinajstić information content (AvgIpc) is 3.06. The topological polar surface area (TPSA) is 81.9 Å². The van der Waals surface area contributed by atoms with E-state index in [9.17, 15) is 4.79 Å². The van der Waals surface area contributed by atoms with Crippen LogP contribution in [-0.4, -0.2) is 51.6 Å². The van der Waals surface area contributed by atoms with Crippen LogP contribution < -0.4 is 5.32 Å². The molecule has 0 radical (unpaired) electrons. The molecule has 7 nitrogen and oxygen atoms in total. The Morgan fingerprint density at radius 3 is 2.73 bits per heavy atom. The van der Waals surface area contributed by atoms with Crippen LogP contribution in [0.3, 0.4) is 0 Å². The number of carbonyl (C=O) groups is 1. The van der Waals surface area contributed by atoms with Gasteiger partial charge in [-0.1, -0.05) is 35.5 Å². The highest BCUT2D eigenvalue weighted by Gasteiger charge is 2.34. The SMILES string of the molecule is Cn1nnnc1SCCC(=O)NCC1(c2ccc(Cl)cc2)CCOCC1. The van der Waals surface area contributed by atoms with Gasteiger partial charge in [-0.25, -0.2) is 4.68 Å². The van der Waals surface area contributed by atoms with Crippen LogP contribution in [0.15, 0.2) is 29.4 Å². The standard InChI is InChI=1S/C17H22ClN5O2S/c1-23-16(20-21-22-23)26-11-6-15(24)19-12-17(7-9-25-10-8-17)13-2-4-14(18)5-3-13/h2-5H,6-12H2,1H3,(H,19,24). The molecule has 1 fully saturated rings. The van der Waals surface area contributed by atoms with Gasteiger partial charge in [0, 0.05) is 49.4 Å². The summed E-state index contributed by atoms with van der Waals surface area (Å²) in [6.45, 7) is 2.01. The van der Waals surface area contributed by atoms with Crippen LogP contribution in [0, 0.1) is 0 Å². The van der Waals surface area contributed by atoms with Crippen molar-refractivity contribution in [2.75, 3.05) is 25.5 Å². The number of thioether (sulfide) groups is 1. The van der Waals surface area contributed by atoms with Crippen LogP contribution in [0.5, 0.6) is 0 Å². The lowest BCUT2D eigenvalue weighted by atomic mass is 9.74. The van der Waals surface area contributed by atoms with Gasteiger partial charge in [0.2, 0.25) is 11.1 Å². The van der Waals surface area contributed by atoms with Crippen molar-refractivity contribution < 1.29 is 9.53 Å². The molecule has 9 heteroatoms. The molecule has 2 aromatic rings. The number of nitrogens with one attached hydrogen (secondary N) is 1. The molecule has 1 N–H and O–H groups in total. The van der Waals surface area contributed by atoms with E-state index >= 15 is 0 Å². The zero-order valence-electron chi connectivity index (χ0n) is 14.7. The van der Waals surface area contributed by atoms with E-state index in [-0.39, 0.29) is 11.3 Å². The lowest BCUT2D eigenvalue weighted by molar-refractivity contribution is -0.121. The van der Waals surface area contributed by atoms with Crippen LogP contribution >= 0.6 is 23.4 Å².